The molecule has 1 aromatic carbocycles. The van der Waals surface area contributed by atoms with Gasteiger partial charge in [-0.25, -0.2) is 0 Å². The lowest BCUT2D eigenvalue weighted by Gasteiger charge is -2.28. The Morgan fingerprint density at radius 2 is 2.07 bits per heavy atom. The van der Waals surface area contributed by atoms with Crippen molar-refractivity contribution in [3.63, 3.8) is 0 Å². The van der Waals surface area contributed by atoms with Crippen molar-refractivity contribution in [2.45, 2.75) is 39.3 Å². The number of rotatable bonds is 9. The zero-order valence-electron chi connectivity index (χ0n) is 17.7. The van der Waals surface area contributed by atoms with Crippen LogP contribution in [0.2, 0.25) is 0 Å². The van der Waals surface area contributed by atoms with Gasteiger partial charge in [-0.05, 0) is 36.6 Å². The van der Waals surface area contributed by atoms with Gasteiger partial charge in [0, 0.05) is 58.2 Å². The molecular formula is C21H33N3O4. The number of methoxy groups -OCH3 is 1. The summed E-state index contributed by atoms with van der Waals surface area (Å²) in [4.78, 5) is 28.5. The zero-order valence-corrected chi connectivity index (χ0v) is 17.7. The second-order valence-corrected chi connectivity index (χ2v) is 7.72. The first kappa shape index (κ1) is 22.2. The highest BCUT2D eigenvalue weighted by molar-refractivity contribution is 5.92. The molecule has 1 aromatic rings. The van der Waals surface area contributed by atoms with E-state index in [0.29, 0.717) is 13.1 Å². The maximum Gasteiger partial charge on any atom is 0.248 e. The van der Waals surface area contributed by atoms with E-state index in [9.17, 15) is 9.59 Å². The average molecular weight is 392 g/mol. The zero-order chi connectivity index (χ0) is 20.7. The van der Waals surface area contributed by atoms with Gasteiger partial charge < -0.3 is 24.6 Å². The van der Waals surface area contributed by atoms with E-state index in [1.807, 2.05) is 51.0 Å². The molecule has 1 fully saturated rings. The Labute approximate surface area is 168 Å². The van der Waals surface area contributed by atoms with Crippen molar-refractivity contribution < 1.29 is 19.1 Å². The molecule has 1 unspecified atom stereocenters. The molecule has 0 aliphatic carbocycles. The fourth-order valence-electron chi connectivity index (χ4n) is 3.22. The van der Waals surface area contributed by atoms with E-state index >= 15 is 0 Å². The lowest BCUT2D eigenvalue weighted by Crippen LogP contribution is -2.39. The molecule has 1 heterocycles. The van der Waals surface area contributed by atoms with Crippen molar-refractivity contribution in [2.75, 3.05) is 51.2 Å². The Bertz CT molecular complexity index is 670. The van der Waals surface area contributed by atoms with Gasteiger partial charge in [0.2, 0.25) is 11.8 Å². The molecule has 0 bridgehead atoms. The molecule has 1 atom stereocenters. The predicted molar refractivity (Wildman–Crippen MR) is 111 cm³/mol. The van der Waals surface area contributed by atoms with Crippen LogP contribution in [0.3, 0.4) is 0 Å². The summed E-state index contributed by atoms with van der Waals surface area (Å²) in [7, 11) is 5.45. The Hall–Kier alpha value is -2.12. The Balaban J connectivity index is 2.25. The lowest BCUT2D eigenvalue weighted by atomic mass is 10.1. The van der Waals surface area contributed by atoms with E-state index in [2.05, 4.69) is 5.32 Å². The van der Waals surface area contributed by atoms with Crippen LogP contribution in [-0.4, -0.2) is 63.8 Å². The third-order valence-corrected chi connectivity index (χ3v) is 4.78. The van der Waals surface area contributed by atoms with Crippen molar-refractivity contribution in [3.8, 4) is 0 Å². The summed E-state index contributed by atoms with van der Waals surface area (Å²) >= 11 is 0. The maximum absolute atomic E-state index is 12.6. The normalized spacial score (nSPS) is 16.3. The van der Waals surface area contributed by atoms with Crippen molar-refractivity contribution in [1.82, 2.24) is 4.90 Å². The molecule has 7 nitrogen and oxygen atoms in total. The molecule has 1 saturated heterocycles. The Morgan fingerprint density at radius 1 is 1.32 bits per heavy atom. The first-order chi connectivity index (χ1) is 13.3. The largest absolute Gasteiger partial charge is 0.377 e. The standard InChI is InChI=1S/C21H33N3O4/c1-15(2)21(26)22-17-8-9-19(23(3)4)16(11-17)12-24(20(25)14-27-5)13-18-7-6-10-28-18/h8-9,11,15,18H,6-7,10,12-14H2,1-5H3,(H,22,26). The smallest absolute Gasteiger partial charge is 0.248 e. The van der Waals surface area contributed by atoms with Crippen LogP contribution in [0.25, 0.3) is 0 Å². The van der Waals surface area contributed by atoms with Gasteiger partial charge >= 0.3 is 0 Å². The average Bonchev–Trinajstić information content (AvgIpc) is 3.14. The summed E-state index contributed by atoms with van der Waals surface area (Å²) in [5, 5.41) is 2.94. The highest BCUT2D eigenvalue weighted by Crippen LogP contribution is 2.26. The molecule has 1 N–H and O–H groups in total. The minimum atomic E-state index is -0.101. The minimum Gasteiger partial charge on any atom is -0.377 e. The van der Waals surface area contributed by atoms with E-state index < -0.39 is 0 Å². The van der Waals surface area contributed by atoms with Gasteiger partial charge in [-0.1, -0.05) is 13.8 Å². The number of hydrogen-bond acceptors (Lipinski definition) is 5. The first-order valence-electron chi connectivity index (χ1n) is 9.81. The van der Waals surface area contributed by atoms with Crippen LogP contribution in [0.1, 0.15) is 32.3 Å². The summed E-state index contributed by atoms with van der Waals surface area (Å²) < 4.78 is 10.8. The van der Waals surface area contributed by atoms with Crippen LogP contribution < -0.4 is 10.2 Å². The van der Waals surface area contributed by atoms with Crippen LogP contribution in [-0.2, 0) is 25.6 Å². The maximum atomic E-state index is 12.6. The third kappa shape index (κ3) is 6.21. The number of benzene rings is 1. The van der Waals surface area contributed by atoms with Gasteiger partial charge in [-0.15, -0.1) is 0 Å². The van der Waals surface area contributed by atoms with Gasteiger partial charge in [0.15, 0.2) is 0 Å². The van der Waals surface area contributed by atoms with Crippen molar-refractivity contribution in [1.29, 1.82) is 0 Å². The van der Waals surface area contributed by atoms with E-state index in [-0.39, 0.29) is 30.4 Å². The fraction of sp³-hybridized carbons (Fsp3) is 0.619. The second-order valence-electron chi connectivity index (χ2n) is 7.72. The molecule has 156 valence electrons. The lowest BCUT2D eigenvalue weighted by molar-refractivity contribution is -0.137. The van der Waals surface area contributed by atoms with Crippen LogP contribution in [0, 0.1) is 5.92 Å². The third-order valence-electron chi connectivity index (χ3n) is 4.78. The van der Waals surface area contributed by atoms with Gasteiger partial charge in [0.25, 0.3) is 0 Å². The van der Waals surface area contributed by atoms with Gasteiger partial charge in [-0.3, -0.25) is 9.59 Å². The molecule has 28 heavy (non-hydrogen) atoms. The van der Waals surface area contributed by atoms with E-state index in [1.54, 1.807) is 4.90 Å². The number of nitrogens with zero attached hydrogens (tertiary/aromatic N) is 2. The van der Waals surface area contributed by atoms with Crippen LogP contribution in [0.5, 0.6) is 0 Å². The summed E-state index contributed by atoms with van der Waals surface area (Å²) in [6.45, 7) is 5.47. The summed E-state index contributed by atoms with van der Waals surface area (Å²) in [6, 6.07) is 5.80. The monoisotopic (exact) mass is 391 g/mol. The summed E-state index contributed by atoms with van der Waals surface area (Å²) in [5.41, 5.74) is 2.70. The van der Waals surface area contributed by atoms with Crippen molar-refractivity contribution in [3.05, 3.63) is 23.8 Å². The molecule has 0 saturated carbocycles. The molecule has 1 aliphatic heterocycles. The molecule has 2 rings (SSSR count). The number of anilines is 2. The topological polar surface area (TPSA) is 71.1 Å². The Morgan fingerprint density at radius 3 is 2.64 bits per heavy atom. The van der Waals surface area contributed by atoms with E-state index in [4.69, 9.17) is 9.47 Å². The highest BCUT2D eigenvalue weighted by atomic mass is 16.5. The quantitative estimate of drug-likeness (QED) is 0.700. The molecular weight excluding hydrogens is 358 g/mol. The number of nitrogens with one attached hydrogen (secondary N) is 1. The Kier molecular flexibility index (Phi) is 8.26. The van der Waals surface area contributed by atoms with E-state index in [0.717, 1.165) is 36.4 Å². The number of amides is 2. The van der Waals surface area contributed by atoms with Crippen molar-refractivity contribution >= 4 is 23.2 Å². The predicted octanol–water partition coefficient (Wildman–Crippen LogP) is 2.50. The highest BCUT2D eigenvalue weighted by Gasteiger charge is 2.24. The molecule has 7 heteroatoms. The van der Waals surface area contributed by atoms with Crippen molar-refractivity contribution in [2.24, 2.45) is 5.92 Å². The number of ether oxygens (including phenoxy) is 2. The fourth-order valence-corrected chi connectivity index (χ4v) is 3.22. The van der Waals surface area contributed by atoms with Crippen LogP contribution in [0.4, 0.5) is 11.4 Å². The number of hydrogen-bond donors (Lipinski definition) is 1. The molecule has 0 radical (unpaired) electrons. The summed E-state index contributed by atoms with van der Waals surface area (Å²) in [5.74, 6) is -0.203. The van der Waals surface area contributed by atoms with Gasteiger partial charge in [0.05, 0.1) is 6.10 Å². The molecule has 0 aromatic heterocycles. The second kappa shape index (κ2) is 10.4. The number of carbonyl (C=O) groups excluding carboxylic acids is 2. The van der Waals surface area contributed by atoms with Gasteiger partial charge in [0.1, 0.15) is 6.61 Å². The first-order valence-corrected chi connectivity index (χ1v) is 9.81. The van der Waals surface area contributed by atoms with Gasteiger partial charge in [-0.2, -0.15) is 0 Å². The molecule has 2 amide bonds. The van der Waals surface area contributed by atoms with Crippen LogP contribution in [0.15, 0.2) is 18.2 Å². The minimum absolute atomic E-state index is 0.0322. The van der Waals surface area contributed by atoms with Crippen LogP contribution >= 0.6 is 0 Å². The molecule has 1 aliphatic rings. The SMILES string of the molecule is COCC(=O)N(Cc1cc(NC(=O)C(C)C)ccc1N(C)C)CC1CCCO1. The summed E-state index contributed by atoms with van der Waals surface area (Å²) in [6.07, 6.45) is 2.05. The van der Waals surface area contributed by atoms with E-state index in [1.165, 1.54) is 7.11 Å². The number of carbonyl (C=O) groups is 2. The molecule has 0 spiro atoms.